The smallest absolute Gasteiger partial charge is 0.257 e. The van der Waals surface area contributed by atoms with Crippen molar-refractivity contribution in [1.82, 2.24) is 24.7 Å². The maximum absolute atomic E-state index is 5.50. The van der Waals surface area contributed by atoms with E-state index in [1.165, 1.54) is 0 Å². The molecule has 0 aliphatic heterocycles. The fraction of sp³-hybridized carbons (Fsp3) is 0.222. The van der Waals surface area contributed by atoms with Crippen LogP contribution in [-0.2, 0) is 6.54 Å². The molecule has 3 heterocycles. The second-order valence-corrected chi connectivity index (χ2v) is 5.99. The molecule has 0 amide bonds. The Morgan fingerprint density at radius 1 is 1.12 bits per heavy atom. The van der Waals surface area contributed by atoms with Crippen LogP contribution in [0.1, 0.15) is 31.5 Å². The van der Waals surface area contributed by atoms with E-state index in [9.17, 15) is 0 Å². The summed E-state index contributed by atoms with van der Waals surface area (Å²) in [5.74, 6) is 2.70. The maximum atomic E-state index is 5.50. The van der Waals surface area contributed by atoms with Gasteiger partial charge < -0.3 is 13.5 Å². The lowest BCUT2D eigenvalue weighted by Gasteiger charge is -2.01. The monoisotopic (exact) mass is 335 g/mol. The van der Waals surface area contributed by atoms with Gasteiger partial charge >= 0.3 is 0 Å². The van der Waals surface area contributed by atoms with Crippen LogP contribution in [0.15, 0.2) is 57.9 Å². The van der Waals surface area contributed by atoms with Crippen molar-refractivity contribution in [3.05, 3.63) is 60.7 Å². The maximum Gasteiger partial charge on any atom is 0.257 e. The van der Waals surface area contributed by atoms with Crippen LogP contribution >= 0.6 is 0 Å². The fourth-order valence-corrected chi connectivity index (χ4v) is 2.49. The van der Waals surface area contributed by atoms with Gasteiger partial charge in [0.2, 0.25) is 0 Å². The molecule has 7 heteroatoms. The van der Waals surface area contributed by atoms with Crippen LogP contribution in [0.25, 0.3) is 23.0 Å². The largest absolute Gasteiger partial charge is 0.448 e. The van der Waals surface area contributed by atoms with E-state index < -0.39 is 0 Å². The SMILES string of the molecule is CC(C)c1nc(-c2nccn2Cc2noc(-c3ccccc3)n2)co1. The molecule has 4 rings (SSSR count). The van der Waals surface area contributed by atoms with Crippen molar-refractivity contribution >= 4 is 0 Å². The molecule has 0 spiro atoms. The molecule has 0 saturated heterocycles. The molecular formula is C18H17N5O2. The highest BCUT2D eigenvalue weighted by Crippen LogP contribution is 2.22. The van der Waals surface area contributed by atoms with E-state index in [0.717, 1.165) is 5.56 Å². The summed E-state index contributed by atoms with van der Waals surface area (Å²) >= 11 is 0. The van der Waals surface area contributed by atoms with Crippen LogP contribution in [0.4, 0.5) is 0 Å². The highest BCUT2D eigenvalue weighted by molar-refractivity contribution is 5.52. The number of aromatic nitrogens is 5. The standard InChI is InChI=1S/C18H17N5O2/c1-12(2)17-20-14(11-24-17)16-19-8-9-23(16)10-15-21-18(25-22-15)13-6-4-3-5-7-13/h3-9,11-12H,10H2,1-2H3. The van der Waals surface area contributed by atoms with Crippen molar-refractivity contribution in [3.63, 3.8) is 0 Å². The number of benzene rings is 1. The van der Waals surface area contributed by atoms with Crippen molar-refractivity contribution in [2.45, 2.75) is 26.3 Å². The first-order chi connectivity index (χ1) is 12.2. The molecule has 25 heavy (non-hydrogen) atoms. The van der Waals surface area contributed by atoms with Crippen molar-refractivity contribution < 1.29 is 8.94 Å². The molecular weight excluding hydrogens is 318 g/mol. The molecule has 0 bridgehead atoms. The molecule has 0 aliphatic rings. The average molecular weight is 335 g/mol. The Bertz CT molecular complexity index is 968. The van der Waals surface area contributed by atoms with Gasteiger partial charge in [-0.05, 0) is 12.1 Å². The summed E-state index contributed by atoms with van der Waals surface area (Å²) in [6.07, 6.45) is 5.20. The first-order valence-corrected chi connectivity index (χ1v) is 8.05. The molecule has 4 aromatic rings. The Kier molecular flexibility index (Phi) is 3.89. The van der Waals surface area contributed by atoms with Crippen LogP contribution in [0.5, 0.6) is 0 Å². The van der Waals surface area contributed by atoms with E-state index in [1.54, 1.807) is 12.5 Å². The summed E-state index contributed by atoms with van der Waals surface area (Å²) in [7, 11) is 0. The average Bonchev–Trinajstić information content (AvgIpc) is 3.36. The molecule has 1 aromatic carbocycles. The number of nitrogens with zero attached hydrogens (tertiary/aromatic N) is 5. The summed E-state index contributed by atoms with van der Waals surface area (Å²) < 4.78 is 12.8. The molecule has 0 fully saturated rings. The van der Waals surface area contributed by atoms with Crippen LogP contribution in [-0.4, -0.2) is 24.7 Å². The third-order valence-corrected chi connectivity index (χ3v) is 3.76. The molecule has 126 valence electrons. The lowest BCUT2D eigenvalue weighted by atomic mass is 10.2. The lowest BCUT2D eigenvalue weighted by molar-refractivity contribution is 0.420. The Morgan fingerprint density at radius 3 is 2.72 bits per heavy atom. The predicted octanol–water partition coefficient (Wildman–Crippen LogP) is 3.76. The Balaban J connectivity index is 1.58. The molecule has 0 saturated carbocycles. The minimum absolute atomic E-state index is 0.225. The minimum Gasteiger partial charge on any atom is -0.448 e. The van der Waals surface area contributed by atoms with Gasteiger partial charge in [-0.15, -0.1) is 0 Å². The molecule has 3 aromatic heterocycles. The lowest BCUT2D eigenvalue weighted by Crippen LogP contribution is -2.03. The van der Waals surface area contributed by atoms with Gasteiger partial charge in [-0.3, -0.25) is 0 Å². The Hall–Kier alpha value is -3.22. The third-order valence-electron chi connectivity index (χ3n) is 3.76. The molecule has 0 aliphatic carbocycles. The van der Waals surface area contributed by atoms with Crippen molar-refractivity contribution in [3.8, 4) is 23.0 Å². The Morgan fingerprint density at radius 2 is 1.96 bits per heavy atom. The first kappa shape index (κ1) is 15.3. The molecule has 7 nitrogen and oxygen atoms in total. The van der Waals surface area contributed by atoms with Gasteiger partial charge in [0.15, 0.2) is 17.5 Å². The molecule has 0 atom stereocenters. The second kappa shape index (κ2) is 6.35. The predicted molar refractivity (Wildman–Crippen MR) is 90.6 cm³/mol. The highest BCUT2D eigenvalue weighted by Gasteiger charge is 2.16. The van der Waals surface area contributed by atoms with E-state index >= 15 is 0 Å². The van der Waals surface area contributed by atoms with Crippen molar-refractivity contribution in [2.24, 2.45) is 0 Å². The zero-order valence-electron chi connectivity index (χ0n) is 14.0. The van der Waals surface area contributed by atoms with Crippen LogP contribution < -0.4 is 0 Å². The van der Waals surface area contributed by atoms with E-state index in [-0.39, 0.29) is 5.92 Å². The summed E-state index contributed by atoms with van der Waals surface area (Å²) in [5, 5.41) is 4.06. The van der Waals surface area contributed by atoms with Gasteiger partial charge in [0, 0.05) is 23.9 Å². The number of rotatable bonds is 5. The van der Waals surface area contributed by atoms with Crippen LogP contribution in [0.2, 0.25) is 0 Å². The normalized spacial score (nSPS) is 11.3. The molecule has 0 unspecified atom stereocenters. The van der Waals surface area contributed by atoms with Crippen LogP contribution in [0.3, 0.4) is 0 Å². The van der Waals surface area contributed by atoms with E-state index in [1.807, 2.05) is 54.9 Å². The summed E-state index contributed by atoms with van der Waals surface area (Å²) in [4.78, 5) is 13.3. The minimum atomic E-state index is 0.225. The third kappa shape index (κ3) is 3.08. The Labute approximate surface area is 144 Å². The second-order valence-electron chi connectivity index (χ2n) is 5.99. The van der Waals surface area contributed by atoms with E-state index in [4.69, 9.17) is 8.94 Å². The van der Waals surface area contributed by atoms with Gasteiger partial charge in [-0.1, -0.05) is 37.2 Å². The number of hydrogen-bond acceptors (Lipinski definition) is 6. The molecule has 0 radical (unpaired) electrons. The number of oxazole rings is 1. The zero-order chi connectivity index (χ0) is 17.2. The summed E-state index contributed by atoms with van der Waals surface area (Å²) in [6.45, 7) is 4.51. The van der Waals surface area contributed by atoms with Gasteiger partial charge in [0.25, 0.3) is 5.89 Å². The zero-order valence-corrected chi connectivity index (χ0v) is 14.0. The topological polar surface area (TPSA) is 82.8 Å². The highest BCUT2D eigenvalue weighted by atomic mass is 16.5. The van der Waals surface area contributed by atoms with Gasteiger partial charge in [-0.25, -0.2) is 9.97 Å². The van der Waals surface area contributed by atoms with E-state index in [2.05, 4.69) is 20.1 Å². The first-order valence-electron chi connectivity index (χ1n) is 8.05. The summed E-state index contributed by atoms with van der Waals surface area (Å²) in [5.41, 5.74) is 1.59. The van der Waals surface area contributed by atoms with Crippen LogP contribution in [0, 0.1) is 0 Å². The number of hydrogen-bond donors (Lipinski definition) is 0. The van der Waals surface area contributed by atoms with Gasteiger partial charge in [0.05, 0.1) is 6.54 Å². The number of imidazole rings is 1. The van der Waals surface area contributed by atoms with Crippen molar-refractivity contribution in [2.75, 3.05) is 0 Å². The van der Waals surface area contributed by atoms with Gasteiger partial charge in [0.1, 0.15) is 12.0 Å². The van der Waals surface area contributed by atoms with Gasteiger partial charge in [-0.2, -0.15) is 4.98 Å². The quantitative estimate of drug-likeness (QED) is 0.552. The van der Waals surface area contributed by atoms with E-state index in [0.29, 0.717) is 35.7 Å². The fourth-order valence-electron chi connectivity index (χ4n) is 2.49. The van der Waals surface area contributed by atoms with Crippen molar-refractivity contribution in [1.29, 1.82) is 0 Å². The molecule has 0 N–H and O–H groups in total. The summed E-state index contributed by atoms with van der Waals surface area (Å²) in [6, 6.07) is 9.68.